The number of aryl methyl sites for hydroxylation is 1. The van der Waals surface area contributed by atoms with Crippen molar-refractivity contribution in [3.8, 4) is 0 Å². The van der Waals surface area contributed by atoms with Crippen molar-refractivity contribution in [1.82, 2.24) is 10.1 Å². The van der Waals surface area contributed by atoms with Crippen LogP contribution in [0.3, 0.4) is 0 Å². The first-order valence-electron chi connectivity index (χ1n) is 5.06. The van der Waals surface area contributed by atoms with Gasteiger partial charge in [-0.25, -0.2) is 0 Å². The number of β-amino-alcohol motifs (C(OH)–C–C–N with tert-alkyl or cyclic N) is 1. The summed E-state index contributed by atoms with van der Waals surface area (Å²) in [5.74, 6) is 0.886. The standard InChI is InChI=1S/C10H16N2O2/c1-8-5-10(14-11-8)7-12-4-2-3-9(13)6-12/h5,9,13H,2-4,6-7H2,1H3/t9-/m0/s1. The van der Waals surface area contributed by atoms with Gasteiger partial charge in [-0.3, -0.25) is 4.90 Å². The van der Waals surface area contributed by atoms with Crippen LogP contribution >= 0.6 is 0 Å². The minimum absolute atomic E-state index is 0.173. The Morgan fingerprint density at radius 2 is 2.57 bits per heavy atom. The van der Waals surface area contributed by atoms with Crippen molar-refractivity contribution in [3.63, 3.8) is 0 Å². The summed E-state index contributed by atoms with van der Waals surface area (Å²) in [7, 11) is 0. The van der Waals surface area contributed by atoms with E-state index in [2.05, 4.69) is 10.1 Å². The molecule has 0 bridgehead atoms. The molecule has 78 valence electrons. The van der Waals surface area contributed by atoms with E-state index in [0.29, 0.717) is 0 Å². The quantitative estimate of drug-likeness (QED) is 0.764. The highest BCUT2D eigenvalue weighted by atomic mass is 16.5. The normalized spacial score (nSPS) is 24.0. The lowest BCUT2D eigenvalue weighted by Gasteiger charge is -2.28. The van der Waals surface area contributed by atoms with E-state index in [1.54, 1.807) is 0 Å². The van der Waals surface area contributed by atoms with Gasteiger partial charge in [0.1, 0.15) is 0 Å². The van der Waals surface area contributed by atoms with Crippen LogP contribution in [0.5, 0.6) is 0 Å². The van der Waals surface area contributed by atoms with Crippen molar-refractivity contribution in [2.75, 3.05) is 13.1 Å². The molecular formula is C10H16N2O2. The molecule has 1 N–H and O–H groups in total. The molecule has 0 unspecified atom stereocenters. The summed E-state index contributed by atoms with van der Waals surface area (Å²) in [4.78, 5) is 2.20. The zero-order valence-electron chi connectivity index (χ0n) is 8.44. The van der Waals surface area contributed by atoms with Gasteiger partial charge in [0.25, 0.3) is 0 Å². The van der Waals surface area contributed by atoms with Crippen LogP contribution in [0.2, 0.25) is 0 Å². The predicted octanol–water partition coefficient (Wildman–Crippen LogP) is 0.940. The fourth-order valence-corrected chi connectivity index (χ4v) is 1.89. The van der Waals surface area contributed by atoms with Crippen LogP contribution in [0.1, 0.15) is 24.3 Å². The van der Waals surface area contributed by atoms with Gasteiger partial charge in [-0.05, 0) is 26.3 Å². The van der Waals surface area contributed by atoms with Crippen LogP contribution in [0, 0.1) is 6.92 Å². The zero-order valence-corrected chi connectivity index (χ0v) is 8.44. The Bertz CT molecular complexity index is 298. The van der Waals surface area contributed by atoms with Crippen molar-refractivity contribution in [3.05, 3.63) is 17.5 Å². The van der Waals surface area contributed by atoms with E-state index >= 15 is 0 Å². The maximum atomic E-state index is 9.47. The third-order valence-corrected chi connectivity index (χ3v) is 2.54. The van der Waals surface area contributed by atoms with Gasteiger partial charge in [0.2, 0.25) is 0 Å². The minimum atomic E-state index is -0.173. The first-order valence-corrected chi connectivity index (χ1v) is 5.06. The Labute approximate surface area is 83.5 Å². The summed E-state index contributed by atoms with van der Waals surface area (Å²) < 4.78 is 5.13. The van der Waals surface area contributed by atoms with Crippen molar-refractivity contribution in [2.24, 2.45) is 0 Å². The molecule has 1 aliphatic heterocycles. The highest BCUT2D eigenvalue weighted by Gasteiger charge is 2.18. The minimum Gasteiger partial charge on any atom is -0.392 e. The number of aliphatic hydroxyl groups excluding tert-OH is 1. The number of rotatable bonds is 2. The monoisotopic (exact) mass is 196 g/mol. The van der Waals surface area contributed by atoms with E-state index in [4.69, 9.17) is 4.52 Å². The van der Waals surface area contributed by atoms with Crippen LogP contribution in [-0.4, -0.2) is 34.4 Å². The summed E-state index contributed by atoms with van der Waals surface area (Å²) in [6.07, 6.45) is 1.81. The fraction of sp³-hybridized carbons (Fsp3) is 0.700. The molecule has 1 aliphatic rings. The Morgan fingerprint density at radius 3 is 3.21 bits per heavy atom. The first kappa shape index (κ1) is 9.68. The van der Waals surface area contributed by atoms with Crippen LogP contribution in [0.25, 0.3) is 0 Å². The number of aromatic nitrogens is 1. The summed E-state index contributed by atoms with van der Waals surface area (Å²) in [6.45, 7) is 4.46. The molecule has 4 nitrogen and oxygen atoms in total. The van der Waals surface area contributed by atoms with Gasteiger partial charge in [-0.15, -0.1) is 0 Å². The lowest BCUT2D eigenvalue weighted by atomic mass is 10.1. The molecule has 14 heavy (non-hydrogen) atoms. The molecule has 2 heterocycles. The van der Waals surface area contributed by atoms with E-state index in [9.17, 15) is 5.11 Å². The molecular weight excluding hydrogens is 180 g/mol. The molecule has 0 saturated carbocycles. The smallest absolute Gasteiger partial charge is 0.150 e. The van der Waals surface area contributed by atoms with E-state index in [0.717, 1.165) is 43.9 Å². The second-order valence-corrected chi connectivity index (χ2v) is 3.97. The maximum Gasteiger partial charge on any atom is 0.150 e. The molecule has 0 radical (unpaired) electrons. The predicted molar refractivity (Wildman–Crippen MR) is 51.8 cm³/mol. The average molecular weight is 196 g/mol. The number of hydrogen-bond acceptors (Lipinski definition) is 4. The molecule has 1 aromatic heterocycles. The van der Waals surface area contributed by atoms with Crippen LogP contribution < -0.4 is 0 Å². The molecule has 0 amide bonds. The lowest BCUT2D eigenvalue weighted by molar-refractivity contribution is 0.0622. The van der Waals surface area contributed by atoms with Gasteiger partial charge >= 0.3 is 0 Å². The van der Waals surface area contributed by atoms with Gasteiger partial charge in [-0.2, -0.15) is 0 Å². The van der Waals surface area contributed by atoms with Gasteiger partial charge in [0, 0.05) is 12.6 Å². The van der Waals surface area contributed by atoms with Crippen LogP contribution in [0.4, 0.5) is 0 Å². The molecule has 1 aromatic rings. The highest BCUT2D eigenvalue weighted by molar-refractivity contribution is 5.03. The number of nitrogens with zero attached hydrogens (tertiary/aromatic N) is 2. The molecule has 4 heteroatoms. The van der Waals surface area contributed by atoms with Crippen molar-refractivity contribution in [1.29, 1.82) is 0 Å². The van der Waals surface area contributed by atoms with E-state index in [1.165, 1.54) is 0 Å². The topological polar surface area (TPSA) is 49.5 Å². The second-order valence-electron chi connectivity index (χ2n) is 3.97. The molecule has 2 rings (SSSR count). The molecule has 0 spiro atoms. The molecule has 1 atom stereocenters. The van der Waals surface area contributed by atoms with E-state index in [-0.39, 0.29) is 6.10 Å². The number of piperidine rings is 1. The summed E-state index contributed by atoms with van der Waals surface area (Å²) in [5.41, 5.74) is 0.914. The number of hydrogen-bond donors (Lipinski definition) is 1. The third-order valence-electron chi connectivity index (χ3n) is 2.54. The highest BCUT2D eigenvalue weighted by Crippen LogP contribution is 2.13. The van der Waals surface area contributed by atoms with Gasteiger partial charge in [0.05, 0.1) is 18.3 Å². The molecule has 1 saturated heterocycles. The first-order chi connectivity index (χ1) is 6.74. The SMILES string of the molecule is Cc1cc(CN2CCC[C@H](O)C2)on1. The number of aliphatic hydroxyl groups is 1. The van der Waals surface area contributed by atoms with Crippen LogP contribution in [0.15, 0.2) is 10.6 Å². The van der Waals surface area contributed by atoms with Crippen molar-refractivity contribution < 1.29 is 9.63 Å². The summed E-state index contributed by atoms with van der Waals surface area (Å²) in [5, 5.41) is 13.3. The molecule has 0 aromatic carbocycles. The fourth-order valence-electron chi connectivity index (χ4n) is 1.89. The molecule has 0 aliphatic carbocycles. The summed E-state index contributed by atoms with van der Waals surface area (Å²) in [6, 6.07) is 1.95. The number of likely N-dealkylation sites (tertiary alicyclic amines) is 1. The van der Waals surface area contributed by atoms with Crippen molar-refractivity contribution >= 4 is 0 Å². The Kier molecular flexibility index (Phi) is 2.84. The van der Waals surface area contributed by atoms with Crippen molar-refractivity contribution in [2.45, 2.75) is 32.4 Å². The Balaban J connectivity index is 1.90. The summed E-state index contributed by atoms with van der Waals surface area (Å²) >= 11 is 0. The third kappa shape index (κ3) is 2.33. The largest absolute Gasteiger partial charge is 0.392 e. The zero-order chi connectivity index (χ0) is 9.97. The van der Waals surface area contributed by atoms with E-state index < -0.39 is 0 Å². The lowest BCUT2D eigenvalue weighted by Crippen LogP contribution is -2.37. The van der Waals surface area contributed by atoms with Crippen LogP contribution in [-0.2, 0) is 6.54 Å². The van der Waals surface area contributed by atoms with Gasteiger partial charge < -0.3 is 9.63 Å². The molecule has 1 fully saturated rings. The maximum absolute atomic E-state index is 9.47. The Hall–Kier alpha value is -0.870. The van der Waals surface area contributed by atoms with Gasteiger partial charge in [-0.1, -0.05) is 5.16 Å². The Morgan fingerprint density at radius 1 is 1.71 bits per heavy atom. The van der Waals surface area contributed by atoms with Gasteiger partial charge in [0.15, 0.2) is 5.76 Å². The van der Waals surface area contributed by atoms with E-state index in [1.807, 2.05) is 13.0 Å². The average Bonchev–Trinajstić information content (AvgIpc) is 2.51. The second kappa shape index (κ2) is 4.11.